The highest BCUT2D eigenvalue weighted by Crippen LogP contribution is 2.20. The van der Waals surface area contributed by atoms with Gasteiger partial charge in [0.2, 0.25) is 23.6 Å². The molecule has 4 amide bonds. The molecule has 11 nitrogen and oxygen atoms in total. The molecule has 234 valence electrons. The molecule has 0 saturated carbocycles. The van der Waals surface area contributed by atoms with Crippen LogP contribution in [0.3, 0.4) is 0 Å². The summed E-state index contributed by atoms with van der Waals surface area (Å²) in [5, 5.41) is 21.8. The summed E-state index contributed by atoms with van der Waals surface area (Å²) in [7, 11) is 0. The van der Waals surface area contributed by atoms with Crippen LogP contribution < -0.4 is 27.0 Å². The molecule has 3 aromatic carbocycles. The number of phenolic OH excluding ortho intramolecular Hbond substituents is 1. The molecule has 0 spiro atoms. The Hall–Kier alpha value is -5.16. The van der Waals surface area contributed by atoms with E-state index in [1.165, 1.54) is 12.1 Å². The second-order valence-electron chi connectivity index (χ2n) is 11.3. The van der Waals surface area contributed by atoms with E-state index < -0.39 is 41.9 Å². The number of nitrogens with two attached hydrogens (primary N) is 1. The minimum Gasteiger partial charge on any atom is -0.508 e. The smallest absolute Gasteiger partial charge is 0.243 e. The number of H-pyrrole nitrogens is 1. The van der Waals surface area contributed by atoms with Gasteiger partial charge < -0.3 is 37.1 Å². The minimum absolute atomic E-state index is 0.103. The van der Waals surface area contributed by atoms with Crippen LogP contribution >= 0.6 is 0 Å². The van der Waals surface area contributed by atoms with Crippen molar-refractivity contribution in [2.75, 3.05) is 6.54 Å². The molecule has 0 aliphatic carbocycles. The number of fused-ring (bicyclic) bond motifs is 1. The third-order valence-corrected chi connectivity index (χ3v) is 7.98. The number of rotatable bonds is 8. The molecular formula is C34H38N6O5. The predicted octanol–water partition coefficient (Wildman–Crippen LogP) is 1.59. The minimum atomic E-state index is -1.03. The fourth-order valence-electron chi connectivity index (χ4n) is 5.50. The molecule has 1 aromatic heterocycles. The molecule has 8 N–H and O–H groups in total. The van der Waals surface area contributed by atoms with Crippen LogP contribution in [0.1, 0.15) is 29.5 Å². The first-order valence-corrected chi connectivity index (χ1v) is 15.1. The molecule has 4 aromatic rings. The molecule has 2 heterocycles. The van der Waals surface area contributed by atoms with E-state index in [1.807, 2.05) is 54.6 Å². The lowest BCUT2D eigenvalue weighted by atomic mass is 10.0. The highest BCUT2D eigenvalue weighted by molar-refractivity contribution is 5.95. The number of amides is 4. The summed E-state index contributed by atoms with van der Waals surface area (Å²) in [6.07, 6.45) is 3.05. The SMILES string of the molecule is N[C@@H](Cc1ccc(O)cc1)C(=O)N[C@@H]1CCCNC(=O)[C@@H](Cc2ccccc2)NC(=O)[C@H](Cc2c[nH]c3ccccc23)NC1=O. The fourth-order valence-corrected chi connectivity index (χ4v) is 5.50. The van der Waals surface area contributed by atoms with Gasteiger partial charge in [-0.05, 0) is 54.2 Å². The average Bonchev–Trinajstić information content (AvgIpc) is 3.45. The zero-order valence-electron chi connectivity index (χ0n) is 24.8. The van der Waals surface area contributed by atoms with E-state index in [-0.39, 0.29) is 43.9 Å². The van der Waals surface area contributed by atoms with Crippen molar-refractivity contribution in [1.29, 1.82) is 0 Å². The number of carbonyl (C=O) groups is 4. The van der Waals surface area contributed by atoms with E-state index in [1.54, 1.807) is 18.3 Å². The lowest BCUT2D eigenvalue weighted by molar-refractivity contribution is -0.134. The van der Waals surface area contributed by atoms with Crippen molar-refractivity contribution in [3.05, 3.63) is 102 Å². The van der Waals surface area contributed by atoms with Crippen LogP contribution in [-0.4, -0.2) is 64.4 Å². The van der Waals surface area contributed by atoms with Gasteiger partial charge in [0.25, 0.3) is 0 Å². The summed E-state index contributed by atoms with van der Waals surface area (Å²) in [4.78, 5) is 57.1. The summed E-state index contributed by atoms with van der Waals surface area (Å²) < 4.78 is 0. The lowest BCUT2D eigenvalue weighted by Crippen LogP contribution is -2.59. The molecule has 0 bridgehead atoms. The van der Waals surface area contributed by atoms with Gasteiger partial charge in [0.1, 0.15) is 23.9 Å². The highest BCUT2D eigenvalue weighted by Gasteiger charge is 2.32. The second-order valence-corrected chi connectivity index (χ2v) is 11.3. The van der Waals surface area contributed by atoms with E-state index in [2.05, 4.69) is 26.3 Å². The first kappa shape index (κ1) is 31.3. The molecule has 45 heavy (non-hydrogen) atoms. The van der Waals surface area contributed by atoms with Crippen molar-refractivity contribution in [3.63, 3.8) is 0 Å². The van der Waals surface area contributed by atoms with Crippen molar-refractivity contribution in [1.82, 2.24) is 26.3 Å². The number of carbonyl (C=O) groups excluding carboxylic acids is 4. The monoisotopic (exact) mass is 610 g/mol. The van der Waals surface area contributed by atoms with Crippen molar-refractivity contribution in [2.45, 2.75) is 56.3 Å². The first-order valence-electron chi connectivity index (χ1n) is 15.1. The van der Waals surface area contributed by atoms with Gasteiger partial charge in [-0.3, -0.25) is 19.2 Å². The molecule has 1 fully saturated rings. The normalized spacial score (nSPS) is 20.2. The number of aromatic amines is 1. The molecule has 0 unspecified atom stereocenters. The van der Waals surface area contributed by atoms with Crippen LogP contribution in [-0.2, 0) is 38.4 Å². The van der Waals surface area contributed by atoms with E-state index in [4.69, 9.17) is 5.73 Å². The van der Waals surface area contributed by atoms with E-state index in [0.717, 1.165) is 27.6 Å². The molecule has 5 rings (SSSR count). The number of phenols is 1. The van der Waals surface area contributed by atoms with Crippen LogP contribution in [0, 0.1) is 0 Å². The molecule has 0 radical (unpaired) electrons. The number of hydrogen-bond acceptors (Lipinski definition) is 6. The second kappa shape index (κ2) is 14.5. The first-order chi connectivity index (χ1) is 21.8. The van der Waals surface area contributed by atoms with Gasteiger partial charge in [-0.15, -0.1) is 0 Å². The molecule has 4 atom stereocenters. The van der Waals surface area contributed by atoms with Gasteiger partial charge in [-0.2, -0.15) is 0 Å². The molecule has 1 aliphatic heterocycles. The standard InChI is InChI=1S/C34H38N6O5/c35-26(17-22-12-14-24(41)15-13-22)31(42)38-28-11-6-16-36-32(43)29(18-21-7-2-1-3-8-21)39-34(45)30(40-33(28)44)19-23-20-37-27-10-5-4-9-25(23)27/h1-5,7-10,12-15,20,26,28-30,37,41H,6,11,16-19,35H2,(H,36,43)(H,38,42)(H,39,45)(H,40,44)/t26-,28+,29+,30-/m0/s1. The Morgan fingerprint density at radius 1 is 0.844 bits per heavy atom. The number of aromatic nitrogens is 1. The summed E-state index contributed by atoms with van der Waals surface area (Å²) in [5.74, 6) is -1.79. The molecule has 11 heteroatoms. The Balaban J connectivity index is 1.36. The maximum atomic E-state index is 13.8. The van der Waals surface area contributed by atoms with Crippen LogP contribution in [0.15, 0.2) is 85.1 Å². The third kappa shape index (κ3) is 8.27. The van der Waals surface area contributed by atoms with Gasteiger partial charge in [0.05, 0.1) is 6.04 Å². The number of nitrogens with one attached hydrogen (secondary N) is 5. The van der Waals surface area contributed by atoms with Crippen LogP contribution in [0.2, 0.25) is 0 Å². The zero-order chi connectivity index (χ0) is 31.8. The van der Waals surface area contributed by atoms with Crippen molar-refractivity contribution in [3.8, 4) is 5.75 Å². The summed E-state index contributed by atoms with van der Waals surface area (Å²) in [5.41, 5.74) is 9.52. The Morgan fingerprint density at radius 3 is 2.31 bits per heavy atom. The van der Waals surface area contributed by atoms with E-state index >= 15 is 0 Å². The molecule has 1 aliphatic rings. The van der Waals surface area contributed by atoms with Gasteiger partial charge in [-0.1, -0.05) is 60.7 Å². The molecule has 1 saturated heterocycles. The Morgan fingerprint density at radius 2 is 1.53 bits per heavy atom. The maximum absolute atomic E-state index is 13.8. The predicted molar refractivity (Wildman–Crippen MR) is 170 cm³/mol. The quantitative estimate of drug-likeness (QED) is 0.159. The number of benzene rings is 3. The van der Waals surface area contributed by atoms with Crippen LogP contribution in [0.25, 0.3) is 10.9 Å². The number of hydrogen-bond donors (Lipinski definition) is 7. The maximum Gasteiger partial charge on any atom is 0.243 e. The van der Waals surface area contributed by atoms with Crippen molar-refractivity contribution in [2.24, 2.45) is 5.73 Å². The van der Waals surface area contributed by atoms with Crippen molar-refractivity contribution >= 4 is 34.5 Å². The third-order valence-electron chi connectivity index (χ3n) is 7.98. The lowest BCUT2D eigenvalue weighted by Gasteiger charge is -2.27. The summed E-state index contributed by atoms with van der Waals surface area (Å²) in [6, 6.07) is 19.6. The van der Waals surface area contributed by atoms with Crippen LogP contribution in [0.5, 0.6) is 5.75 Å². The Kier molecular flexibility index (Phi) is 10.1. The van der Waals surface area contributed by atoms with E-state index in [9.17, 15) is 24.3 Å². The summed E-state index contributed by atoms with van der Waals surface area (Å²) in [6.45, 7) is 0.248. The Bertz CT molecular complexity index is 1640. The van der Waals surface area contributed by atoms with Crippen LogP contribution in [0.4, 0.5) is 0 Å². The molecular weight excluding hydrogens is 572 g/mol. The number of aromatic hydroxyl groups is 1. The largest absolute Gasteiger partial charge is 0.508 e. The van der Waals surface area contributed by atoms with Gasteiger partial charge in [-0.25, -0.2) is 0 Å². The van der Waals surface area contributed by atoms with Gasteiger partial charge in [0, 0.05) is 36.5 Å². The Labute approximate surface area is 261 Å². The zero-order valence-corrected chi connectivity index (χ0v) is 24.8. The van der Waals surface area contributed by atoms with Gasteiger partial charge >= 0.3 is 0 Å². The average molecular weight is 611 g/mol. The van der Waals surface area contributed by atoms with Gasteiger partial charge in [0.15, 0.2) is 0 Å². The topological polar surface area (TPSA) is 178 Å². The number of para-hydroxylation sites is 1. The van der Waals surface area contributed by atoms with E-state index in [0.29, 0.717) is 6.42 Å². The highest BCUT2D eigenvalue weighted by atomic mass is 16.3. The van der Waals surface area contributed by atoms with Crippen molar-refractivity contribution < 1.29 is 24.3 Å². The summed E-state index contributed by atoms with van der Waals surface area (Å²) >= 11 is 0. The fraction of sp³-hybridized carbons (Fsp3) is 0.294.